The summed E-state index contributed by atoms with van der Waals surface area (Å²) in [6.07, 6.45) is 1.61. The summed E-state index contributed by atoms with van der Waals surface area (Å²) in [6.45, 7) is 5.01. The summed E-state index contributed by atoms with van der Waals surface area (Å²) in [5.41, 5.74) is 6.54. The topological polar surface area (TPSA) is 91.6 Å². The number of aryl methyl sites for hydroxylation is 1. The highest BCUT2D eigenvalue weighted by molar-refractivity contribution is 5.99. The van der Waals surface area contributed by atoms with E-state index in [4.69, 9.17) is 5.73 Å². The Labute approximate surface area is 124 Å². The minimum absolute atomic E-state index is 0.0257. The Hall–Kier alpha value is -2.15. The molecule has 0 unspecified atom stereocenters. The number of hydrogen-bond acceptors (Lipinski definition) is 5. The smallest absolute Gasteiger partial charge is 0.252 e. The molecule has 0 aliphatic carbocycles. The number of carbonyl (C=O) groups is 2. The lowest BCUT2D eigenvalue weighted by atomic mass is 10.1. The van der Waals surface area contributed by atoms with Gasteiger partial charge in [0, 0.05) is 39.4 Å². The van der Waals surface area contributed by atoms with Crippen molar-refractivity contribution in [2.75, 3.05) is 44.7 Å². The second-order valence-corrected chi connectivity index (χ2v) is 5.18. The Morgan fingerprint density at radius 1 is 1.43 bits per heavy atom. The highest BCUT2D eigenvalue weighted by atomic mass is 16.2. The van der Waals surface area contributed by atoms with Gasteiger partial charge >= 0.3 is 0 Å². The molecule has 0 spiro atoms. The number of hydrogen-bond donors (Lipinski definition) is 2. The first-order valence-electron chi connectivity index (χ1n) is 6.95. The lowest BCUT2D eigenvalue weighted by Gasteiger charge is -2.30. The third kappa shape index (κ3) is 3.49. The van der Waals surface area contributed by atoms with Crippen LogP contribution in [0.25, 0.3) is 0 Å². The van der Waals surface area contributed by atoms with Crippen molar-refractivity contribution in [3.8, 4) is 0 Å². The van der Waals surface area contributed by atoms with E-state index in [-0.39, 0.29) is 12.5 Å². The van der Waals surface area contributed by atoms with Crippen molar-refractivity contribution >= 4 is 17.6 Å². The van der Waals surface area contributed by atoms with E-state index in [1.165, 1.54) is 0 Å². The SMILES string of the molecule is Cc1ccnc(N(C)CC(=O)N2CCNCC2)c1C(N)=O. The number of primary amides is 1. The average molecular weight is 291 g/mol. The van der Waals surface area contributed by atoms with Crippen LogP contribution in [-0.4, -0.2) is 61.5 Å². The molecule has 2 amide bonds. The van der Waals surface area contributed by atoms with Crippen LogP contribution in [-0.2, 0) is 4.79 Å². The summed E-state index contributed by atoms with van der Waals surface area (Å²) >= 11 is 0. The van der Waals surface area contributed by atoms with Gasteiger partial charge in [0.15, 0.2) is 0 Å². The monoisotopic (exact) mass is 291 g/mol. The Bertz CT molecular complexity index is 540. The standard InChI is InChI=1S/C14H21N5O2/c1-10-3-4-17-14(12(10)13(15)21)18(2)9-11(20)19-7-5-16-6-8-19/h3-4,16H,5-9H2,1-2H3,(H2,15,21). The van der Waals surface area contributed by atoms with Gasteiger partial charge in [0.1, 0.15) is 5.82 Å². The van der Waals surface area contributed by atoms with Crippen molar-refractivity contribution in [3.05, 3.63) is 23.4 Å². The van der Waals surface area contributed by atoms with Gasteiger partial charge in [-0.15, -0.1) is 0 Å². The molecule has 0 radical (unpaired) electrons. The van der Waals surface area contributed by atoms with Crippen LogP contribution in [0.1, 0.15) is 15.9 Å². The van der Waals surface area contributed by atoms with Crippen LogP contribution in [0.15, 0.2) is 12.3 Å². The van der Waals surface area contributed by atoms with Crippen molar-refractivity contribution in [1.82, 2.24) is 15.2 Å². The summed E-state index contributed by atoms with van der Waals surface area (Å²) in [5, 5.41) is 3.21. The molecule has 0 atom stereocenters. The molecule has 21 heavy (non-hydrogen) atoms. The van der Waals surface area contributed by atoms with Crippen LogP contribution >= 0.6 is 0 Å². The number of nitrogens with two attached hydrogens (primary N) is 1. The van der Waals surface area contributed by atoms with Gasteiger partial charge in [0.2, 0.25) is 5.91 Å². The fourth-order valence-corrected chi connectivity index (χ4v) is 2.43. The molecular weight excluding hydrogens is 270 g/mol. The predicted molar refractivity (Wildman–Crippen MR) is 80.2 cm³/mol. The molecule has 114 valence electrons. The maximum absolute atomic E-state index is 12.3. The van der Waals surface area contributed by atoms with Crippen LogP contribution in [0.3, 0.4) is 0 Å². The predicted octanol–water partition coefficient (Wildman–Crippen LogP) is -0.643. The maximum Gasteiger partial charge on any atom is 0.252 e. The van der Waals surface area contributed by atoms with Crippen LogP contribution in [0.5, 0.6) is 0 Å². The first-order chi connectivity index (χ1) is 10.0. The van der Waals surface area contributed by atoms with E-state index >= 15 is 0 Å². The number of amides is 2. The third-order valence-corrected chi connectivity index (χ3v) is 3.59. The van der Waals surface area contributed by atoms with Gasteiger partial charge in [-0.25, -0.2) is 4.98 Å². The molecule has 0 saturated carbocycles. The first-order valence-corrected chi connectivity index (χ1v) is 6.95. The van der Waals surface area contributed by atoms with Crippen molar-refractivity contribution < 1.29 is 9.59 Å². The number of rotatable bonds is 4. The van der Waals surface area contributed by atoms with Gasteiger partial charge in [-0.3, -0.25) is 9.59 Å². The zero-order valence-electron chi connectivity index (χ0n) is 12.4. The summed E-state index contributed by atoms with van der Waals surface area (Å²) in [4.78, 5) is 31.5. The Kier molecular flexibility index (Phi) is 4.74. The van der Waals surface area contributed by atoms with E-state index in [1.54, 1.807) is 31.1 Å². The molecule has 2 rings (SSSR count). The van der Waals surface area contributed by atoms with Crippen molar-refractivity contribution in [1.29, 1.82) is 0 Å². The number of nitrogens with one attached hydrogen (secondary N) is 1. The highest BCUT2D eigenvalue weighted by Crippen LogP contribution is 2.19. The quantitative estimate of drug-likeness (QED) is 0.770. The summed E-state index contributed by atoms with van der Waals surface area (Å²) in [5.74, 6) is -0.0548. The van der Waals surface area contributed by atoms with E-state index in [1.807, 2.05) is 4.90 Å². The van der Waals surface area contributed by atoms with Crippen LogP contribution in [0.4, 0.5) is 5.82 Å². The maximum atomic E-state index is 12.3. The number of carbonyl (C=O) groups excluding carboxylic acids is 2. The minimum atomic E-state index is -0.530. The number of aromatic nitrogens is 1. The van der Waals surface area contributed by atoms with E-state index in [0.29, 0.717) is 24.5 Å². The molecule has 2 heterocycles. The Morgan fingerprint density at radius 3 is 2.71 bits per heavy atom. The lowest BCUT2D eigenvalue weighted by molar-refractivity contribution is -0.130. The molecule has 1 saturated heterocycles. The third-order valence-electron chi connectivity index (χ3n) is 3.59. The number of likely N-dealkylation sites (N-methyl/N-ethyl adjacent to an activating group) is 1. The average Bonchev–Trinajstić information content (AvgIpc) is 2.47. The molecule has 1 fully saturated rings. The van der Waals surface area contributed by atoms with Gasteiger partial charge in [-0.2, -0.15) is 0 Å². The number of anilines is 1. The van der Waals surface area contributed by atoms with Gasteiger partial charge < -0.3 is 20.9 Å². The van der Waals surface area contributed by atoms with Gasteiger partial charge in [0.25, 0.3) is 5.91 Å². The van der Waals surface area contributed by atoms with E-state index in [9.17, 15) is 9.59 Å². The molecule has 3 N–H and O–H groups in total. The largest absolute Gasteiger partial charge is 0.365 e. The number of nitrogens with zero attached hydrogens (tertiary/aromatic N) is 3. The van der Waals surface area contributed by atoms with Crippen molar-refractivity contribution in [2.24, 2.45) is 5.73 Å². The summed E-state index contributed by atoms with van der Waals surface area (Å²) < 4.78 is 0. The summed E-state index contributed by atoms with van der Waals surface area (Å²) in [7, 11) is 1.74. The second kappa shape index (κ2) is 6.53. The van der Waals surface area contributed by atoms with Crippen LogP contribution in [0.2, 0.25) is 0 Å². The lowest BCUT2D eigenvalue weighted by Crippen LogP contribution is -2.49. The van der Waals surface area contributed by atoms with Gasteiger partial charge in [-0.1, -0.05) is 0 Å². The second-order valence-electron chi connectivity index (χ2n) is 5.18. The van der Waals surface area contributed by atoms with Gasteiger partial charge in [-0.05, 0) is 18.6 Å². The molecule has 1 aromatic rings. The van der Waals surface area contributed by atoms with Crippen LogP contribution in [0, 0.1) is 6.92 Å². The normalized spacial score (nSPS) is 14.9. The molecule has 0 aromatic carbocycles. The van der Waals surface area contributed by atoms with Crippen LogP contribution < -0.4 is 16.0 Å². The van der Waals surface area contributed by atoms with E-state index < -0.39 is 5.91 Å². The minimum Gasteiger partial charge on any atom is -0.365 e. The van der Waals surface area contributed by atoms with Crippen molar-refractivity contribution in [3.63, 3.8) is 0 Å². The molecule has 7 heteroatoms. The zero-order valence-corrected chi connectivity index (χ0v) is 12.4. The Balaban J connectivity index is 2.13. The molecule has 1 aliphatic heterocycles. The number of pyridine rings is 1. The molecule has 1 aliphatic rings. The molecule has 0 bridgehead atoms. The van der Waals surface area contributed by atoms with Gasteiger partial charge in [0.05, 0.1) is 12.1 Å². The first kappa shape index (κ1) is 15.2. The fraction of sp³-hybridized carbons (Fsp3) is 0.500. The molecule has 1 aromatic heterocycles. The summed E-state index contributed by atoms with van der Waals surface area (Å²) in [6, 6.07) is 1.73. The molecule has 7 nitrogen and oxygen atoms in total. The zero-order chi connectivity index (χ0) is 15.4. The fourth-order valence-electron chi connectivity index (χ4n) is 2.43. The molecular formula is C14H21N5O2. The Morgan fingerprint density at radius 2 is 2.10 bits per heavy atom. The van der Waals surface area contributed by atoms with Crippen molar-refractivity contribution in [2.45, 2.75) is 6.92 Å². The highest BCUT2D eigenvalue weighted by Gasteiger charge is 2.21. The number of piperazine rings is 1. The van der Waals surface area contributed by atoms with E-state index in [0.717, 1.165) is 18.7 Å². The van der Waals surface area contributed by atoms with E-state index in [2.05, 4.69) is 10.3 Å².